The summed E-state index contributed by atoms with van der Waals surface area (Å²) in [6.45, 7) is 8.50. The number of alkyl halides is 3. The summed E-state index contributed by atoms with van der Waals surface area (Å²) in [6.07, 6.45) is -3.36. The van der Waals surface area contributed by atoms with Gasteiger partial charge in [-0.2, -0.15) is 13.2 Å². The van der Waals surface area contributed by atoms with Gasteiger partial charge in [-0.1, -0.05) is 48.0 Å². The Morgan fingerprint density at radius 3 is 2.26 bits per heavy atom. The van der Waals surface area contributed by atoms with Crippen molar-refractivity contribution < 1.29 is 31.1 Å². The van der Waals surface area contributed by atoms with Crippen molar-refractivity contribution in [2.24, 2.45) is 0 Å². The summed E-state index contributed by atoms with van der Waals surface area (Å²) in [5, 5.41) is 2.55. The van der Waals surface area contributed by atoms with E-state index in [4.69, 9.17) is 4.74 Å². The molecule has 1 heterocycles. The van der Waals surface area contributed by atoms with Crippen LogP contribution in [0, 0.1) is 6.92 Å². The zero-order valence-corrected chi connectivity index (χ0v) is 24.9. The minimum atomic E-state index is -4.48. The number of hydrogen-bond acceptors (Lipinski definition) is 4. The topological polar surface area (TPSA) is 87.7 Å². The van der Waals surface area contributed by atoms with Gasteiger partial charge in [-0.3, -0.25) is 0 Å². The predicted octanol–water partition coefficient (Wildman–Crippen LogP) is 6.97. The SMILES string of the molecule is Cc1ccc(S(=O)(=O)NC(C)(C)C)c(-c2ccc(COC3CCN(C(=O)Nc4cccc(C(F)(F)F)c4)CC3)cc2)c1. The maximum atomic E-state index is 13.1. The molecule has 0 aromatic heterocycles. The van der Waals surface area contributed by atoms with E-state index in [1.165, 1.54) is 12.1 Å². The second-order valence-electron chi connectivity index (χ2n) is 11.6. The van der Waals surface area contributed by atoms with Crippen LogP contribution in [0.3, 0.4) is 0 Å². The lowest BCUT2D eigenvalue weighted by Gasteiger charge is -2.32. The molecule has 42 heavy (non-hydrogen) atoms. The molecule has 0 aliphatic carbocycles. The molecular formula is C31H36F3N3O4S. The summed E-state index contributed by atoms with van der Waals surface area (Å²) < 4.78 is 73.9. The van der Waals surface area contributed by atoms with E-state index in [1.54, 1.807) is 37.8 Å². The number of anilines is 1. The largest absolute Gasteiger partial charge is 0.416 e. The van der Waals surface area contributed by atoms with Gasteiger partial charge in [-0.05, 0) is 75.9 Å². The molecule has 11 heteroatoms. The molecule has 7 nitrogen and oxygen atoms in total. The fourth-order valence-corrected chi connectivity index (χ4v) is 6.39. The highest BCUT2D eigenvalue weighted by Crippen LogP contribution is 2.32. The van der Waals surface area contributed by atoms with Gasteiger partial charge in [0.2, 0.25) is 10.0 Å². The van der Waals surface area contributed by atoms with Crippen LogP contribution in [0.5, 0.6) is 0 Å². The lowest BCUT2D eigenvalue weighted by molar-refractivity contribution is -0.137. The number of carbonyl (C=O) groups excluding carboxylic acids is 1. The Morgan fingerprint density at radius 1 is 0.976 bits per heavy atom. The summed E-state index contributed by atoms with van der Waals surface area (Å²) >= 11 is 0. The molecule has 0 saturated carbocycles. The Balaban J connectivity index is 1.32. The zero-order chi connectivity index (χ0) is 30.7. The number of rotatable bonds is 7. The van der Waals surface area contributed by atoms with Crippen molar-refractivity contribution in [3.8, 4) is 11.1 Å². The highest BCUT2D eigenvalue weighted by atomic mass is 32.2. The van der Waals surface area contributed by atoms with Crippen molar-refractivity contribution in [3.05, 3.63) is 83.4 Å². The molecule has 0 bridgehead atoms. The van der Waals surface area contributed by atoms with E-state index in [2.05, 4.69) is 10.0 Å². The van der Waals surface area contributed by atoms with Crippen LogP contribution < -0.4 is 10.0 Å². The second-order valence-corrected chi connectivity index (χ2v) is 13.2. The van der Waals surface area contributed by atoms with E-state index < -0.39 is 33.3 Å². The van der Waals surface area contributed by atoms with Crippen LogP contribution in [0.4, 0.5) is 23.7 Å². The Kier molecular flexibility index (Phi) is 9.34. The van der Waals surface area contributed by atoms with Crippen molar-refractivity contribution in [1.29, 1.82) is 0 Å². The number of nitrogens with zero attached hydrogens (tertiary/aromatic N) is 1. The van der Waals surface area contributed by atoms with Crippen molar-refractivity contribution >= 4 is 21.7 Å². The molecule has 0 unspecified atom stereocenters. The molecule has 1 fully saturated rings. The molecule has 0 radical (unpaired) electrons. The van der Waals surface area contributed by atoms with Gasteiger partial charge in [0.25, 0.3) is 0 Å². The fourth-order valence-electron chi connectivity index (χ4n) is 4.76. The predicted molar refractivity (Wildman–Crippen MR) is 157 cm³/mol. The summed E-state index contributed by atoms with van der Waals surface area (Å²) in [5.41, 5.74) is 1.92. The molecule has 3 aromatic rings. The molecule has 226 valence electrons. The van der Waals surface area contributed by atoms with Crippen LogP contribution in [0.15, 0.2) is 71.6 Å². The molecule has 0 atom stereocenters. The smallest absolute Gasteiger partial charge is 0.373 e. The Morgan fingerprint density at radius 2 is 1.64 bits per heavy atom. The van der Waals surface area contributed by atoms with E-state index in [0.29, 0.717) is 38.1 Å². The standard InChI is InChI=1S/C31H36F3N3O4S/c1-21-8-13-28(42(39,40)36-30(2,3)4)27(18-21)23-11-9-22(10-12-23)20-41-26-14-16-37(17-15-26)29(38)35-25-7-5-6-24(19-25)31(32,33)34/h5-13,18-19,26,36H,14-17,20H2,1-4H3,(H,35,38). The van der Waals surface area contributed by atoms with Gasteiger partial charge in [0.15, 0.2) is 0 Å². The number of likely N-dealkylation sites (tertiary alicyclic amines) is 1. The molecule has 1 aliphatic heterocycles. The van der Waals surface area contributed by atoms with E-state index in [9.17, 15) is 26.4 Å². The van der Waals surface area contributed by atoms with Crippen LogP contribution in [0.1, 0.15) is 50.3 Å². The average Bonchev–Trinajstić information content (AvgIpc) is 2.90. The molecule has 4 rings (SSSR count). The number of nitrogens with one attached hydrogen (secondary N) is 2. The van der Waals surface area contributed by atoms with E-state index >= 15 is 0 Å². The number of carbonyl (C=O) groups is 1. The number of urea groups is 1. The summed E-state index contributed by atoms with van der Waals surface area (Å²) in [6, 6.07) is 17.0. The van der Waals surface area contributed by atoms with Crippen LogP contribution in [-0.2, 0) is 27.5 Å². The lowest BCUT2D eigenvalue weighted by Crippen LogP contribution is -2.43. The molecule has 0 spiro atoms. The number of aryl methyl sites for hydroxylation is 1. The molecule has 2 amide bonds. The van der Waals surface area contributed by atoms with Crippen LogP contribution in [0.2, 0.25) is 0 Å². The van der Waals surface area contributed by atoms with Gasteiger partial charge in [-0.15, -0.1) is 0 Å². The van der Waals surface area contributed by atoms with Gasteiger partial charge in [0.1, 0.15) is 0 Å². The van der Waals surface area contributed by atoms with Gasteiger partial charge < -0.3 is 15.0 Å². The fraction of sp³-hybridized carbons (Fsp3) is 0.387. The monoisotopic (exact) mass is 603 g/mol. The number of piperidine rings is 1. The number of halogens is 3. The Hall–Kier alpha value is -3.41. The van der Waals surface area contributed by atoms with Crippen LogP contribution in [0.25, 0.3) is 11.1 Å². The van der Waals surface area contributed by atoms with E-state index in [0.717, 1.165) is 28.8 Å². The number of amides is 2. The maximum absolute atomic E-state index is 13.1. The van der Waals surface area contributed by atoms with E-state index in [1.807, 2.05) is 37.3 Å². The minimum absolute atomic E-state index is 0.0701. The average molecular weight is 604 g/mol. The lowest BCUT2D eigenvalue weighted by atomic mass is 10.0. The first-order chi connectivity index (χ1) is 19.6. The van der Waals surface area contributed by atoms with E-state index in [-0.39, 0.29) is 16.7 Å². The van der Waals surface area contributed by atoms with Crippen LogP contribution in [-0.4, -0.2) is 44.1 Å². The number of benzene rings is 3. The molecular weight excluding hydrogens is 567 g/mol. The van der Waals surface area contributed by atoms with Gasteiger partial charge in [0.05, 0.1) is 23.2 Å². The van der Waals surface area contributed by atoms with Gasteiger partial charge >= 0.3 is 12.2 Å². The first kappa shape index (κ1) is 31.5. The van der Waals surface area contributed by atoms with Crippen LogP contribution >= 0.6 is 0 Å². The third-order valence-corrected chi connectivity index (χ3v) is 8.60. The third kappa shape index (κ3) is 8.33. The molecule has 3 aromatic carbocycles. The number of hydrogen-bond donors (Lipinski definition) is 2. The Labute approximate surface area is 245 Å². The van der Waals surface area contributed by atoms with Gasteiger partial charge in [0, 0.05) is 29.9 Å². The van der Waals surface area contributed by atoms with Crippen molar-refractivity contribution in [1.82, 2.24) is 9.62 Å². The molecule has 2 N–H and O–H groups in total. The highest BCUT2D eigenvalue weighted by molar-refractivity contribution is 7.89. The summed E-state index contributed by atoms with van der Waals surface area (Å²) in [5.74, 6) is 0. The first-order valence-electron chi connectivity index (χ1n) is 13.7. The van der Waals surface area contributed by atoms with Crippen molar-refractivity contribution in [3.63, 3.8) is 0 Å². The number of sulfonamides is 1. The second kappa shape index (κ2) is 12.4. The number of ether oxygens (including phenoxy) is 1. The highest BCUT2D eigenvalue weighted by Gasteiger charge is 2.31. The zero-order valence-electron chi connectivity index (χ0n) is 24.1. The molecule has 1 aliphatic rings. The Bertz CT molecular complexity index is 1510. The normalized spacial score (nSPS) is 15.1. The summed E-state index contributed by atoms with van der Waals surface area (Å²) in [7, 11) is -3.74. The third-order valence-electron chi connectivity index (χ3n) is 6.79. The quantitative estimate of drug-likeness (QED) is 0.305. The maximum Gasteiger partial charge on any atom is 0.416 e. The van der Waals surface area contributed by atoms with Crippen molar-refractivity contribution in [2.75, 3.05) is 18.4 Å². The molecule has 1 saturated heterocycles. The van der Waals surface area contributed by atoms with Gasteiger partial charge in [-0.25, -0.2) is 17.9 Å². The summed E-state index contributed by atoms with van der Waals surface area (Å²) in [4.78, 5) is 14.4. The first-order valence-corrected chi connectivity index (χ1v) is 15.2. The van der Waals surface area contributed by atoms with Crippen molar-refractivity contribution in [2.45, 2.75) is 69.9 Å². The minimum Gasteiger partial charge on any atom is -0.373 e.